The van der Waals surface area contributed by atoms with Gasteiger partial charge in [-0.1, -0.05) is 38.1 Å². The first kappa shape index (κ1) is 17.9. The van der Waals surface area contributed by atoms with Gasteiger partial charge in [0.2, 0.25) is 0 Å². The summed E-state index contributed by atoms with van der Waals surface area (Å²) < 4.78 is 18.4. The molecule has 0 saturated heterocycles. The van der Waals surface area contributed by atoms with Crippen LogP contribution in [0.25, 0.3) is 0 Å². The van der Waals surface area contributed by atoms with Gasteiger partial charge in [-0.05, 0) is 48.6 Å². The van der Waals surface area contributed by atoms with E-state index in [0.29, 0.717) is 12.2 Å². The summed E-state index contributed by atoms with van der Waals surface area (Å²) >= 11 is 0. The van der Waals surface area contributed by atoms with Crippen molar-refractivity contribution in [1.82, 2.24) is 0 Å². The number of halogens is 1. The van der Waals surface area contributed by atoms with E-state index in [-0.39, 0.29) is 11.3 Å². The quantitative estimate of drug-likeness (QED) is 0.444. The minimum atomic E-state index is -0.550. The molecule has 0 radical (unpaired) electrons. The van der Waals surface area contributed by atoms with E-state index in [1.807, 2.05) is 24.3 Å². The number of rotatable bonds is 6. The van der Waals surface area contributed by atoms with Crippen molar-refractivity contribution in [3.8, 4) is 5.75 Å². The number of hydrogen-bond donors (Lipinski definition) is 0. The molecule has 126 valence electrons. The molecule has 1 atom stereocenters. The average molecular weight is 328 g/mol. The van der Waals surface area contributed by atoms with Crippen LogP contribution in [0.3, 0.4) is 0 Å². The highest BCUT2D eigenvalue weighted by Crippen LogP contribution is 2.23. The summed E-state index contributed by atoms with van der Waals surface area (Å²) in [5.41, 5.74) is 2.07. The van der Waals surface area contributed by atoms with E-state index in [1.54, 1.807) is 6.92 Å². The zero-order valence-corrected chi connectivity index (χ0v) is 14.1. The van der Waals surface area contributed by atoms with Gasteiger partial charge in [0.1, 0.15) is 11.6 Å². The molecule has 1 unspecified atom stereocenters. The van der Waals surface area contributed by atoms with Gasteiger partial charge >= 0.3 is 5.97 Å². The Balaban J connectivity index is 2.11. The van der Waals surface area contributed by atoms with Gasteiger partial charge in [-0.25, -0.2) is 4.39 Å². The lowest BCUT2D eigenvalue weighted by atomic mass is 9.97. The molecule has 24 heavy (non-hydrogen) atoms. The number of carbonyl (C=O) groups excluding carboxylic acids is 2. The minimum Gasteiger partial charge on any atom is -0.425 e. The molecule has 0 aromatic heterocycles. The van der Waals surface area contributed by atoms with Crippen LogP contribution in [-0.4, -0.2) is 12.3 Å². The minimum absolute atomic E-state index is 0.0165. The Bertz CT molecular complexity index is 720. The Morgan fingerprint density at radius 3 is 2.38 bits per heavy atom. The molecule has 0 aliphatic carbocycles. The summed E-state index contributed by atoms with van der Waals surface area (Å²) in [6, 6.07) is 11.3. The summed E-state index contributed by atoms with van der Waals surface area (Å²) in [5.74, 6) is -0.882. The molecule has 0 fully saturated rings. The van der Waals surface area contributed by atoms with Crippen molar-refractivity contribution in [2.45, 2.75) is 33.1 Å². The number of ether oxygens (including phenoxy) is 1. The van der Waals surface area contributed by atoms with Crippen LogP contribution in [0.15, 0.2) is 42.5 Å². The molecule has 0 heterocycles. The molecule has 2 rings (SSSR count). The third-order valence-electron chi connectivity index (χ3n) is 3.79. The second-order valence-corrected chi connectivity index (χ2v) is 6.28. The number of aldehydes is 1. The molecule has 3 nitrogen and oxygen atoms in total. The first-order chi connectivity index (χ1) is 11.4. The van der Waals surface area contributed by atoms with Crippen molar-refractivity contribution in [3.05, 3.63) is 65.0 Å². The van der Waals surface area contributed by atoms with Gasteiger partial charge in [0.05, 0.1) is 11.5 Å². The Kier molecular flexibility index (Phi) is 5.85. The van der Waals surface area contributed by atoms with E-state index >= 15 is 0 Å². The Morgan fingerprint density at radius 1 is 1.12 bits per heavy atom. The molecule has 0 spiro atoms. The fourth-order valence-corrected chi connectivity index (χ4v) is 2.45. The fourth-order valence-electron chi connectivity index (χ4n) is 2.45. The molecular weight excluding hydrogens is 307 g/mol. The highest BCUT2D eigenvalue weighted by molar-refractivity contribution is 5.84. The zero-order chi connectivity index (χ0) is 17.7. The van der Waals surface area contributed by atoms with Crippen LogP contribution in [0.4, 0.5) is 4.39 Å². The van der Waals surface area contributed by atoms with Gasteiger partial charge in [0, 0.05) is 0 Å². The van der Waals surface area contributed by atoms with Gasteiger partial charge in [-0.15, -0.1) is 0 Å². The maximum Gasteiger partial charge on any atom is 0.318 e. The first-order valence-electron chi connectivity index (χ1n) is 7.96. The molecule has 0 saturated carbocycles. The maximum absolute atomic E-state index is 13.1. The van der Waals surface area contributed by atoms with E-state index in [9.17, 15) is 14.0 Å². The predicted molar refractivity (Wildman–Crippen MR) is 90.8 cm³/mol. The van der Waals surface area contributed by atoms with Crippen molar-refractivity contribution in [3.63, 3.8) is 0 Å². The second-order valence-electron chi connectivity index (χ2n) is 6.28. The van der Waals surface area contributed by atoms with Crippen LogP contribution < -0.4 is 4.74 Å². The maximum atomic E-state index is 13.1. The highest BCUT2D eigenvalue weighted by Gasteiger charge is 2.19. The van der Waals surface area contributed by atoms with Gasteiger partial charge in [0.25, 0.3) is 0 Å². The third kappa shape index (κ3) is 4.51. The standard InChI is InChI=1S/C20H21FO3/c1-13(2)10-15-4-6-16(7-5-15)14(3)20(23)24-19-9-8-18(21)11-17(19)12-22/h4-9,11-14H,10H2,1-3H3. The number of benzene rings is 2. The topological polar surface area (TPSA) is 43.4 Å². The molecule has 0 aliphatic rings. The van der Waals surface area contributed by atoms with Crippen molar-refractivity contribution in [2.75, 3.05) is 0 Å². The average Bonchev–Trinajstić information content (AvgIpc) is 2.55. The lowest BCUT2D eigenvalue weighted by molar-refractivity contribution is -0.135. The normalized spacial score (nSPS) is 12.0. The van der Waals surface area contributed by atoms with Crippen LogP contribution in [-0.2, 0) is 11.2 Å². The molecular formula is C20H21FO3. The predicted octanol–water partition coefficient (Wildman–Crippen LogP) is 4.55. The number of hydrogen-bond acceptors (Lipinski definition) is 3. The largest absolute Gasteiger partial charge is 0.425 e. The van der Waals surface area contributed by atoms with Crippen LogP contribution in [0, 0.1) is 11.7 Å². The fraction of sp³-hybridized carbons (Fsp3) is 0.300. The smallest absolute Gasteiger partial charge is 0.318 e. The lowest BCUT2D eigenvalue weighted by Crippen LogP contribution is -2.17. The van der Waals surface area contributed by atoms with Gasteiger partial charge in [-0.3, -0.25) is 9.59 Å². The SMILES string of the molecule is CC(C)Cc1ccc(C(C)C(=O)Oc2ccc(F)cc2C=O)cc1. The summed E-state index contributed by atoms with van der Waals surface area (Å²) in [6.45, 7) is 6.05. The third-order valence-corrected chi connectivity index (χ3v) is 3.79. The monoisotopic (exact) mass is 328 g/mol. The summed E-state index contributed by atoms with van der Waals surface area (Å²) in [5, 5.41) is 0. The van der Waals surface area contributed by atoms with Crippen LogP contribution >= 0.6 is 0 Å². The molecule has 2 aromatic rings. The highest BCUT2D eigenvalue weighted by atomic mass is 19.1. The van der Waals surface area contributed by atoms with Crippen molar-refractivity contribution >= 4 is 12.3 Å². The van der Waals surface area contributed by atoms with E-state index in [4.69, 9.17) is 4.74 Å². The molecule has 0 amide bonds. The van der Waals surface area contributed by atoms with Gasteiger partial charge in [0.15, 0.2) is 6.29 Å². The van der Waals surface area contributed by atoms with E-state index in [0.717, 1.165) is 24.1 Å². The molecule has 2 aromatic carbocycles. The summed E-state index contributed by atoms with van der Waals surface area (Å²) in [6.07, 6.45) is 1.45. The summed E-state index contributed by atoms with van der Waals surface area (Å²) in [7, 11) is 0. The zero-order valence-electron chi connectivity index (χ0n) is 14.1. The number of esters is 1. The number of carbonyl (C=O) groups is 2. The lowest BCUT2D eigenvalue weighted by Gasteiger charge is -2.13. The molecule has 0 aliphatic heterocycles. The van der Waals surface area contributed by atoms with Crippen molar-refractivity contribution in [1.29, 1.82) is 0 Å². The summed E-state index contributed by atoms with van der Waals surface area (Å²) in [4.78, 5) is 23.3. The molecule has 0 bridgehead atoms. The second kappa shape index (κ2) is 7.86. The van der Waals surface area contributed by atoms with Gasteiger partial charge < -0.3 is 4.74 Å². The van der Waals surface area contributed by atoms with Crippen molar-refractivity contribution in [2.24, 2.45) is 5.92 Å². The van der Waals surface area contributed by atoms with E-state index < -0.39 is 17.7 Å². The Morgan fingerprint density at radius 2 is 1.79 bits per heavy atom. The van der Waals surface area contributed by atoms with Crippen LogP contribution in [0.2, 0.25) is 0 Å². The molecule has 4 heteroatoms. The Hall–Kier alpha value is -2.49. The van der Waals surface area contributed by atoms with E-state index in [1.165, 1.54) is 11.6 Å². The first-order valence-corrected chi connectivity index (χ1v) is 7.96. The van der Waals surface area contributed by atoms with Crippen molar-refractivity contribution < 1.29 is 18.7 Å². The van der Waals surface area contributed by atoms with Crippen LogP contribution in [0.1, 0.15) is 48.2 Å². The van der Waals surface area contributed by atoms with E-state index in [2.05, 4.69) is 13.8 Å². The molecule has 0 N–H and O–H groups in total. The Labute approximate surface area is 141 Å². The van der Waals surface area contributed by atoms with Crippen LogP contribution in [0.5, 0.6) is 5.75 Å². The van der Waals surface area contributed by atoms with Gasteiger partial charge in [-0.2, -0.15) is 0 Å².